The van der Waals surface area contributed by atoms with Gasteiger partial charge in [0, 0.05) is 6.61 Å². The normalized spacial score (nSPS) is 12.1. The second kappa shape index (κ2) is 7.74. The van der Waals surface area contributed by atoms with Gasteiger partial charge in [-0.25, -0.2) is 4.79 Å². The Labute approximate surface area is 135 Å². The van der Waals surface area contributed by atoms with Gasteiger partial charge in [0.2, 0.25) is 0 Å². The lowest BCUT2D eigenvalue weighted by molar-refractivity contribution is -0.140. The molecule has 5 nitrogen and oxygen atoms in total. The summed E-state index contributed by atoms with van der Waals surface area (Å²) in [4.78, 5) is 24.0. The van der Waals surface area contributed by atoms with Gasteiger partial charge in [0.25, 0.3) is 5.91 Å². The molecule has 2 aromatic carbocycles. The maximum absolute atomic E-state index is 12.7. The van der Waals surface area contributed by atoms with Crippen molar-refractivity contribution in [2.45, 2.75) is 26.3 Å². The Balaban J connectivity index is 2.37. The number of carboxylic acids is 1. The average molecular weight is 315 g/mol. The molecule has 0 heterocycles. The highest BCUT2D eigenvalue weighted by Gasteiger charge is 2.23. The van der Waals surface area contributed by atoms with Crippen molar-refractivity contribution in [2.24, 2.45) is 0 Å². The smallest absolute Gasteiger partial charge is 0.328 e. The van der Waals surface area contributed by atoms with Crippen LogP contribution in [0.5, 0.6) is 0 Å². The Morgan fingerprint density at radius 1 is 1.17 bits per heavy atom. The van der Waals surface area contributed by atoms with E-state index < -0.39 is 12.0 Å². The Hall–Kier alpha value is -2.40. The van der Waals surface area contributed by atoms with E-state index in [0.717, 1.165) is 16.3 Å². The maximum atomic E-state index is 12.7. The highest BCUT2D eigenvalue weighted by molar-refractivity contribution is 6.09. The molecule has 1 amide bonds. The highest BCUT2D eigenvalue weighted by atomic mass is 16.5. The largest absolute Gasteiger partial charge is 0.480 e. The minimum absolute atomic E-state index is 0.0518. The minimum Gasteiger partial charge on any atom is -0.480 e. The molecule has 0 unspecified atom stereocenters. The zero-order valence-electron chi connectivity index (χ0n) is 13.3. The molecule has 0 bridgehead atoms. The van der Waals surface area contributed by atoms with E-state index in [2.05, 4.69) is 5.32 Å². The van der Waals surface area contributed by atoms with E-state index in [-0.39, 0.29) is 12.5 Å². The van der Waals surface area contributed by atoms with Gasteiger partial charge in [0.05, 0.1) is 12.2 Å². The summed E-state index contributed by atoms with van der Waals surface area (Å²) in [5.74, 6) is -1.49. The minimum atomic E-state index is -1.11. The van der Waals surface area contributed by atoms with Gasteiger partial charge in [-0.1, -0.05) is 43.3 Å². The summed E-state index contributed by atoms with van der Waals surface area (Å²) in [6, 6.07) is 10.4. The number of carbonyl (C=O) groups is 2. The molecular formula is C18H21NO4. The van der Waals surface area contributed by atoms with E-state index in [4.69, 9.17) is 4.74 Å². The summed E-state index contributed by atoms with van der Waals surface area (Å²) in [5.41, 5.74) is 1.43. The van der Waals surface area contributed by atoms with Gasteiger partial charge >= 0.3 is 5.97 Å². The Morgan fingerprint density at radius 3 is 2.57 bits per heavy atom. The molecule has 1 atom stereocenters. The van der Waals surface area contributed by atoms with Crippen LogP contribution in [0.3, 0.4) is 0 Å². The van der Waals surface area contributed by atoms with Crippen LogP contribution >= 0.6 is 0 Å². The number of carboxylic acid groups (broad SMARTS) is 1. The van der Waals surface area contributed by atoms with Gasteiger partial charge in [0.1, 0.15) is 0 Å². The van der Waals surface area contributed by atoms with Crippen LogP contribution in [0, 0.1) is 0 Å². The molecule has 0 radical (unpaired) electrons. The fourth-order valence-electron chi connectivity index (χ4n) is 2.52. The number of hydrogen-bond donors (Lipinski definition) is 2. The first-order valence-electron chi connectivity index (χ1n) is 7.70. The number of nitrogens with one attached hydrogen (secondary N) is 1. The molecule has 0 fully saturated rings. The van der Waals surface area contributed by atoms with E-state index in [0.29, 0.717) is 18.6 Å². The summed E-state index contributed by atoms with van der Waals surface area (Å²) in [6.45, 7) is 4.09. The van der Waals surface area contributed by atoms with Crippen molar-refractivity contribution in [3.63, 3.8) is 0 Å². The van der Waals surface area contributed by atoms with Gasteiger partial charge in [-0.2, -0.15) is 0 Å². The molecule has 2 N–H and O–H groups in total. The summed E-state index contributed by atoms with van der Waals surface area (Å²) >= 11 is 0. The zero-order valence-corrected chi connectivity index (χ0v) is 13.3. The van der Waals surface area contributed by atoms with Crippen molar-refractivity contribution < 1.29 is 19.4 Å². The Morgan fingerprint density at radius 2 is 1.91 bits per heavy atom. The van der Waals surface area contributed by atoms with Gasteiger partial charge in [-0.05, 0) is 29.7 Å². The Kier molecular flexibility index (Phi) is 5.71. The van der Waals surface area contributed by atoms with Crippen molar-refractivity contribution in [2.75, 3.05) is 13.2 Å². The van der Waals surface area contributed by atoms with Crippen LogP contribution < -0.4 is 5.32 Å². The first-order valence-corrected chi connectivity index (χ1v) is 7.70. The third kappa shape index (κ3) is 3.87. The van der Waals surface area contributed by atoms with Gasteiger partial charge < -0.3 is 15.2 Å². The first-order chi connectivity index (χ1) is 11.1. The average Bonchev–Trinajstić information content (AvgIpc) is 2.56. The number of hydrogen-bond acceptors (Lipinski definition) is 3. The van der Waals surface area contributed by atoms with E-state index in [1.165, 1.54) is 0 Å². The highest BCUT2D eigenvalue weighted by Crippen LogP contribution is 2.23. The summed E-state index contributed by atoms with van der Waals surface area (Å²) < 4.78 is 5.14. The third-order valence-electron chi connectivity index (χ3n) is 3.72. The number of ether oxygens (including phenoxy) is 1. The number of rotatable bonds is 7. The molecule has 5 heteroatoms. The number of fused-ring (bicyclic) bond motifs is 1. The molecular weight excluding hydrogens is 294 g/mol. The van der Waals surface area contributed by atoms with Crippen molar-refractivity contribution in [3.05, 3.63) is 47.5 Å². The monoisotopic (exact) mass is 315 g/mol. The van der Waals surface area contributed by atoms with E-state index in [9.17, 15) is 14.7 Å². The van der Waals surface area contributed by atoms with E-state index in [1.807, 2.05) is 43.3 Å². The first kappa shape index (κ1) is 17.0. The van der Waals surface area contributed by atoms with E-state index in [1.54, 1.807) is 6.92 Å². The maximum Gasteiger partial charge on any atom is 0.328 e. The van der Waals surface area contributed by atoms with Crippen molar-refractivity contribution in [1.29, 1.82) is 0 Å². The molecule has 0 aromatic heterocycles. The van der Waals surface area contributed by atoms with Crippen LogP contribution in [0.4, 0.5) is 0 Å². The number of aryl methyl sites for hydroxylation is 1. The van der Waals surface area contributed by atoms with Crippen LogP contribution in [0.15, 0.2) is 36.4 Å². The molecule has 0 aliphatic rings. The quantitative estimate of drug-likeness (QED) is 0.823. The van der Waals surface area contributed by atoms with Crippen LogP contribution in [0.2, 0.25) is 0 Å². The molecule has 2 rings (SSSR count). The Bertz CT molecular complexity index is 711. The van der Waals surface area contributed by atoms with Crippen LogP contribution in [-0.4, -0.2) is 36.2 Å². The number of carbonyl (C=O) groups excluding carboxylic acids is 1. The lowest BCUT2D eigenvalue weighted by Gasteiger charge is -2.17. The summed E-state index contributed by atoms with van der Waals surface area (Å²) in [6.07, 6.45) is 0.691. The molecule has 23 heavy (non-hydrogen) atoms. The van der Waals surface area contributed by atoms with Crippen molar-refractivity contribution in [1.82, 2.24) is 5.32 Å². The molecule has 122 valence electrons. The van der Waals surface area contributed by atoms with Crippen LogP contribution in [0.25, 0.3) is 10.8 Å². The third-order valence-corrected chi connectivity index (χ3v) is 3.72. The number of amides is 1. The van der Waals surface area contributed by atoms with Gasteiger partial charge in [-0.3, -0.25) is 4.79 Å². The molecule has 0 spiro atoms. The van der Waals surface area contributed by atoms with Crippen LogP contribution in [-0.2, 0) is 16.0 Å². The van der Waals surface area contributed by atoms with Gasteiger partial charge in [0.15, 0.2) is 6.04 Å². The zero-order chi connectivity index (χ0) is 16.8. The van der Waals surface area contributed by atoms with E-state index >= 15 is 0 Å². The second-order valence-electron chi connectivity index (χ2n) is 5.20. The predicted molar refractivity (Wildman–Crippen MR) is 88.7 cm³/mol. The lowest BCUT2D eigenvalue weighted by Crippen LogP contribution is -2.44. The van der Waals surface area contributed by atoms with Crippen molar-refractivity contribution >= 4 is 22.6 Å². The molecule has 0 saturated heterocycles. The number of benzene rings is 2. The molecule has 0 saturated carbocycles. The van der Waals surface area contributed by atoms with Gasteiger partial charge in [-0.15, -0.1) is 0 Å². The summed E-state index contributed by atoms with van der Waals surface area (Å²) in [7, 11) is 0. The fraction of sp³-hybridized carbons (Fsp3) is 0.333. The standard InChI is InChI=1S/C18H21NO4/c1-3-12-9-10-13-7-5-6-8-14(13)16(12)17(20)19-15(18(21)22)11-23-4-2/h5-10,15H,3-4,11H2,1-2H3,(H,19,20)(H,21,22)/t15-/m0/s1. The number of aliphatic carboxylic acids is 1. The molecule has 0 aliphatic carbocycles. The van der Waals surface area contributed by atoms with Crippen molar-refractivity contribution in [3.8, 4) is 0 Å². The molecule has 0 aliphatic heterocycles. The van der Waals surface area contributed by atoms with Crippen LogP contribution in [0.1, 0.15) is 29.8 Å². The molecule has 2 aromatic rings. The fourth-order valence-corrected chi connectivity index (χ4v) is 2.52. The predicted octanol–water partition coefficient (Wildman–Crippen LogP) is 2.62. The summed E-state index contributed by atoms with van der Waals surface area (Å²) in [5, 5.41) is 13.6. The second-order valence-corrected chi connectivity index (χ2v) is 5.20. The lowest BCUT2D eigenvalue weighted by atomic mass is 9.96. The SMILES string of the molecule is CCOC[C@H](NC(=O)c1c(CC)ccc2ccccc12)C(=O)O. The topological polar surface area (TPSA) is 75.6 Å².